The third-order valence-corrected chi connectivity index (χ3v) is 5.90. The number of esters is 2. The molecule has 0 aliphatic rings. The molecule has 2 N–H and O–H groups in total. The summed E-state index contributed by atoms with van der Waals surface area (Å²) in [4.78, 5) is 46.9. The number of H-pyrrole nitrogens is 1. The van der Waals surface area contributed by atoms with Crippen molar-refractivity contribution in [1.29, 1.82) is 0 Å². The molecule has 0 aliphatic heterocycles. The number of aromatic amines is 1. The second-order valence-corrected chi connectivity index (χ2v) is 9.88. The Hall–Kier alpha value is -2.30. The van der Waals surface area contributed by atoms with Gasteiger partial charge in [0.05, 0.1) is 18.0 Å². The summed E-state index contributed by atoms with van der Waals surface area (Å²) in [6.07, 6.45) is -0.113. The van der Waals surface area contributed by atoms with E-state index >= 15 is 0 Å². The third-order valence-electron chi connectivity index (χ3n) is 4.73. The molecule has 0 saturated carbocycles. The Morgan fingerprint density at radius 2 is 1.91 bits per heavy atom. The summed E-state index contributed by atoms with van der Waals surface area (Å²) < 4.78 is 10.4. The molecule has 1 atom stereocenters. The number of thiophene rings is 1. The first-order valence-electron chi connectivity index (χ1n) is 11.3. The Kier molecular flexibility index (Phi) is 10.00. The van der Waals surface area contributed by atoms with Crippen LogP contribution in [0, 0.1) is 12.8 Å². The lowest BCUT2D eigenvalue weighted by atomic mass is 10.2. The van der Waals surface area contributed by atoms with Gasteiger partial charge in [-0.15, -0.1) is 11.3 Å². The summed E-state index contributed by atoms with van der Waals surface area (Å²) >= 11 is 1.14. The van der Waals surface area contributed by atoms with Crippen LogP contribution in [0.1, 0.15) is 68.5 Å². The van der Waals surface area contributed by atoms with Crippen molar-refractivity contribution in [2.24, 2.45) is 5.92 Å². The van der Waals surface area contributed by atoms with E-state index in [-0.39, 0.29) is 30.8 Å². The number of nitrogens with one attached hydrogen (secondary N) is 1. The number of aliphatic hydroxyl groups is 1. The van der Waals surface area contributed by atoms with Crippen LogP contribution in [0.15, 0.2) is 4.79 Å². The lowest BCUT2D eigenvalue weighted by Crippen LogP contribution is -2.38. The molecule has 0 amide bonds. The fourth-order valence-corrected chi connectivity index (χ4v) is 4.56. The maximum absolute atomic E-state index is 12.8. The Labute approximate surface area is 198 Å². The van der Waals surface area contributed by atoms with Crippen molar-refractivity contribution in [3.63, 3.8) is 0 Å². The van der Waals surface area contributed by atoms with Crippen LogP contribution in [0.3, 0.4) is 0 Å². The van der Waals surface area contributed by atoms with Crippen molar-refractivity contribution in [3.8, 4) is 0 Å². The first-order chi connectivity index (χ1) is 15.5. The number of hydrogen-bond donors (Lipinski definition) is 2. The minimum atomic E-state index is -0.860. The predicted molar refractivity (Wildman–Crippen MR) is 128 cm³/mol. The van der Waals surface area contributed by atoms with E-state index in [1.807, 2.05) is 11.8 Å². The average Bonchev–Trinajstić information content (AvgIpc) is 3.02. The number of aryl methyl sites for hydroxylation is 1. The Bertz CT molecular complexity index is 1010. The number of rotatable bonds is 12. The van der Waals surface area contributed by atoms with Crippen LogP contribution in [-0.2, 0) is 20.8 Å². The van der Waals surface area contributed by atoms with Crippen molar-refractivity contribution < 1.29 is 24.2 Å². The van der Waals surface area contributed by atoms with E-state index in [1.54, 1.807) is 20.8 Å². The molecule has 2 heterocycles. The average molecular weight is 482 g/mol. The maximum atomic E-state index is 12.8. The molecule has 0 spiro atoms. The normalized spacial score (nSPS) is 12.7. The van der Waals surface area contributed by atoms with Crippen LogP contribution < -0.4 is 5.56 Å². The summed E-state index contributed by atoms with van der Waals surface area (Å²) in [7, 11) is 0. The number of fused-ring (bicyclic) bond motifs is 1. The highest BCUT2D eigenvalue weighted by molar-refractivity contribution is 7.20. The van der Waals surface area contributed by atoms with Crippen molar-refractivity contribution in [2.75, 3.05) is 19.7 Å². The SMILES string of the molecule is CCCC(=O)OCC(O)CN(Cc1nc2sc(C(=O)OC(C)C)c(C)c2c(=O)[nH]1)CC(C)C. The first-order valence-corrected chi connectivity index (χ1v) is 12.1. The number of aromatic nitrogens is 2. The molecular formula is C23H35N3O6S. The highest BCUT2D eigenvalue weighted by Gasteiger charge is 2.22. The quantitative estimate of drug-likeness (QED) is 0.444. The van der Waals surface area contributed by atoms with Crippen LogP contribution in [-0.4, -0.2) is 63.8 Å². The summed E-state index contributed by atoms with van der Waals surface area (Å²) in [5.74, 6) is -0.0538. The van der Waals surface area contributed by atoms with Crippen LogP contribution in [0.5, 0.6) is 0 Å². The summed E-state index contributed by atoms with van der Waals surface area (Å²) in [5.41, 5.74) is 0.246. The Balaban J connectivity index is 2.21. The minimum Gasteiger partial charge on any atom is -0.463 e. The molecule has 0 fully saturated rings. The fraction of sp³-hybridized carbons (Fsp3) is 0.652. The first kappa shape index (κ1) is 26.9. The lowest BCUT2D eigenvalue weighted by molar-refractivity contribution is -0.147. The highest BCUT2D eigenvalue weighted by Crippen LogP contribution is 2.28. The number of hydrogen-bond acceptors (Lipinski definition) is 9. The van der Waals surface area contributed by atoms with Crippen molar-refractivity contribution >= 4 is 33.5 Å². The van der Waals surface area contributed by atoms with Gasteiger partial charge in [0.1, 0.15) is 28.2 Å². The van der Waals surface area contributed by atoms with Crippen LogP contribution >= 0.6 is 11.3 Å². The van der Waals surface area contributed by atoms with E-state index < -0.39 is 12.1 Å². The molecule has 0 aliphatic carbocycles. The zero-order valence-electron chi connectivity index (χ0n) is 20.3. The number of carbonyl (C=O) groups excluding carboxylic acids is 2. The van der Waals surface area contributed by atoms with E-state index in [9.17, 15) is 19.5 Å². The smallest absolute Gasteiger partial charge is 0.348 e. The predicted octanol–water partition coefficient (Wildman–Crippen LogP) is 3.02. The molecule has 2 rings (SSSR count). The van der Waals surface area contributed by atoms with E-state index in [0.717, 1.165) is 11.3 Å². The zero-order valence-corrected chi connectivity index (χ0v) is 21.1. The molecule has 2 aromatic rings. The number of aliphatic hydroxyl groups excluding tert-OH is 1. The van der Waals surface area contributed by atoms with E-state index in [2.05, 4.69) is 23.8 Å². The van der Waals surface area contributed by atoms with Gasteiger partial charge in [0.25, 0.3) is 5.56 Å². The summed E-state index contributed by atoms with van der Waals surface area (Å²) in [5, 5.41) is 10.8. The molecule has 0 saturated heterocycles. The van der Waals surface area contributed by atoms with Gasteiger partial charge in [-0.3, -0.25) is 14.5 Å². The molecule has 0 bridgehead atoms. The van der Waals surface area contributed by atoms with E-state index in [0.29, 0.717) is 58.3 Å². The van der Waals surface area contributed by atoms with Crippen molar-refractivity contribution in [3.05, 3.63) is 26.6 Å². The molecule has 184 valence electrons. The third kappa shape index (κ3) is 7.90. The second kappa shape index (κ2) is 12.2. The fourth-order valence-electron chi connectivity index (χ4n) is 3.47. The molecule has 33 heavy (non-hydrogen) atoms. The van der Waals surface area contributed by atoms with Gasteiger partial charge in [0.2, 0.25) is 0 Å². The van der Waals surface area contributed by atoms with Gasteiger partial charge in [-0.1, -0.05) is 20.8 Å². The zero-order chi connectivity index (χ0) is 24.7. The monoisotopic (exact) mass is 481 g/mol. The molecule has 1 unspecified atom stereocenters. The van der Waals surface area contributed by atoms with Gasteiger partial charge in [0, 0.05) is 19.5 Å². The highest BCUT2D eigenvalue weighted by atomic mass is 32.1. The molecule has 2 aromatic heterocycles. The minimum absolute atomic E-state index is 0.0815. The van der Waals surface area contributed by atoms with Gasteiger partial charge in [0.15, 0.2) is 0 Å². The number of ether oxygens (including phenoxy) is 2. The Morgan fingerprint density at radius 1 is 1.21 bits per heavy atom. The maximum Gasteiger partial charge on any atom is 0.348 e. The standard InChI is InChI=1S/C23H35N3O6S/c1-7-8-18(28)31-12-16(27)10-26(9-13(2)3)11-17-24-21(29)19-15(6)20(33-22(19)25-17)23(30)32-14(4)5/h13-14,16,27H,7-12H2,1-6H3,(H,24,25,29). The largest absolute Gasteiger partial charge is 0.463 e. The molecule has 0 radical (unpaired) electrons. The van der Waals surface area contributed by atoms with E-state index in [1.165, 1.54) is 0 Å². The number of carbonyl (C=O) groups is 2. The lowest BCUT2D eigenvalue weighted by Gasteiger charge is -2.26. The summed E-state index contributed by atoms with van der Waals surface area (Å²) in [6, 6.07) is 0. The second-order valence-electron chi connectivity index (χ2n) is 8.88. The van der Waals surface area contributed by atoms with Crippen LogP contribution in [0.25, 0.3) is 10.2 Å². The molecular weight excluding hydrogens is 446 g/mol. The molecule has 10 heteroatoms. The molecule has 9 nitrogen and oxygen atoms in total. The van der Waals surface area contributed by atoms with Crippen molar-refractivity contribution in [2.45, 2.75) is 73.1 Å². The van der Waals surface area contributed by atoms with E-state index in [4.69, 9.17) is 9.47 Å². The van der Waals surface area contributed by atoms with Gasteiger partial charge in [-0.05, 0) is 38.7 Å². The van der Waals surface area contributed by atoms with Gasteiger partial charge in [-0.25, -0.2) is 9.78 Å². The van der Waals surface area contributed by atoms with Gasteiger partial charge in [-0.2, -0.15) is 0 Å². The summed E-state index contributed by atoms with van der Waals surface area (Å²) in [6.45, 7) is 12.4. The van der Waals surface area contributed by atoms with Crippen LogP contribution in [0.2, 0.25) is 0 Å². The van der Waals surface area contributed by atoms with Crippen molar-refractivity contribution in [1.82, 2.24) is 14.9 Å². The Morgan fingerprint density at radius 3 is 2.52 bits per heavy atom. The van der Waals surface area contributed by atoms with Gasteiger partial charge < -0.3 is 19.6 Å². The topological polar surface area (TPSA) is 122 Å². The van der Waals surface area contributed by atoms with Crippen LogP contribution in [0.4, 0.5) is 0 Å². The van der Waals surface area contributed by atoms with Gasteiger partial charge >= 0.3 is 11.9 Å². The number of nitrogens with zero attached hydrogens (tertiary/aromatic N) is 2. The molecule has 0 aromatic carbocycles.